The summed E-state index contributed by atoms with van der Waals surface area (Å²) in [6.45, 7) is 3.72. The van der Waals surface area contributed by atoms with E-state index >= 15 is 0 Å². The maximum atomic E-state index is 11.5. The number of thiazole rings is 1. The van der Waals surface area contributed by atoms with Crippen LogP contribution in [0, 0.1) is 6.92 Å². The molecule has 7 heteroatoms. The molecule has 1 aromatic heterocycles. The van der Waals surface area contributed by atoms with E-state index in [9.17, 15) is 9.59 Å². The minimum absolute atomic E-state index is 0.120. The Hall–Kier alpha value is -1.63. The number of alkyl carbamates (subject to hydrolysis) is 1. The quantitative estimate of drug-likeness (QED) is 0.852. The number of nitrogens with zero attached hydrogens (tertiary/aromatic N) is 1. The van der Waals surface area contributed by atoms with Gasteiger partial charge in [-0.25, -0.2) is 9.78 Å². The van der Waals surface area contributed by atoms with Crippen LogP contribution < -0.4 is 10.6 Å². The first-order valence-corrected chi connectivity index (χ1v) is 5.96. The summed E-state index contributed by atoms with van der Waals surface area (Å²) < 4.78 is 4.36. The summed E-state index contributed by atoms with van der Waals surface area (Å²) in [6, 6.07) is 0. The van der Waals surface area contributed by atoms with E-state index in [1.165, 1.54) is 18.4 Å². The van der Waals surface area contributed by atoms with Gasteiger partial charge in [-0.3, -0.25) is 4.79 Å². The van der Waals surface area contributed by atoms with Crippen LogP contribution in [0.3, 0.4) is 0 Å². The summed E-state index contributed by atoms with van der Waals surface area (Å²) in [6.07, 6.45) is 0.206. The highest BCUT2D eigenvalue weighted by atomic mass is 32.1. The Balaban J connectivity index is 2.50. The first kappa shape index (κ1) is 13.4. The lowest BCUT2D eigenvalue weighted by Gasteiger charge is -2.04. The maximum absolute atomic E-state index is 11.5. The van der Waals surface area contributed by atoms with Crippen molar-refractivity contribution in [3.05, 3.63) is 10.7 Å². The topological polar surface area (TPSA) is 80.3 Å². The molecule has 0 radical (unpaired) electrons. The molecule has 0 atom stereocenters. The molecule has 6 nitrogen and oxygen atoms in total. The normalized spacial score (nSPS) is 9.82. The fraction of sp³-hybridized carbons (Fsp3) is 0.500. The van der Waals surface area contributed by atoms with E-state index in [4.69, 9.17) is 0 Å². The van der Waals surface area contributed by atoms with Gasteiger partial charge in [0.2, 0.25) is 5.91 Å². The SMILES string of the molecule is CCc1nc(C)c(NC(=O)CNC(=O)OC)s1. The van der Waals surface area contributed by atoms with Gasteiger partial charge in [0, 0.05) is 0 Å². The van der Waals surface area contributed by atoms with E-state index in [0.29, 0.717) is 0 Å². The van der Waals surface area contributed by atoms with Crippen LogP contribution in [0.1, 0.15) is 17.6 Å². The van der Waals surface area contributed by atoms with E-state index in [1.807, 2.05) is 13.8 Å². The monoisotopic (exact) mass is 257 g/mol. The fourth-order valence-corrected chi connectivity index (χ4v) is 2.04. The molecule has 0 bridgehead atoms. The molecule has 94 valence electrons. The lowest BCUT2D eigenvalue weighted by atomic mass is 10.4. The van der Waals surface area contributed by atoms with Gasteiger partial charge in [-0.1, -0.05) is 6.92 Å². The zero-order valence-corrected chi connectivity index (χ0v) is 10.8. The van der Waals surface area contributed by atoms with Crippen LogP contribution >= 0.6 is 11.3 Å². The Morgan fingerprint density at radius 1 is 1.47 bits per heavy atom. The van der Waals surface area contributed by atoms with Crippen molar-refractivity contribution >= 4 is 28.3 Å². The highest BCUT2D eigenvalue weighted by molar-refractivity contribution is 7.16. The van der Waals surface area contributed by atoms with Gasteiger partial charge in [0.05, 0.1) is 17.8 Å². The number of ether oxygens (including phenoxy) is 1. The second-order valence-corrected chi connectivity index (χ2v) is 4.35. The first-order chi connectivity index (χ1) is 8.06. The van der Waals surface area contributed by atoms with Crippen LogP contribution in [0.25, 0.3) is 0 Å². The van der Waals surface area contributed by atoms with Gasteiger partial charge in [0.1, 0.15) is 11.5 Å². The third kappa shape index (κ3) is 4.03. The molecule has 0 aliphatic heterocycles. The van der Waals surface area contributed by atoms with Crippen LogP contribution in [0.2, 0.25) is 0 Å². The molecule has 0 spiro atoms. The summed E-state index contributed by atoms with van der Waals surface area (Å²) >= 11 is 1.44. The van der Waals surface area contributed by atoms with Crippen LogP contribution in [-0.2, 0) is 16.0 Å². The first-order valence-electron chi connectivity index (χ1n) is 5.14. The van der Waals surface area contributed by atoms with E-state index in [1.54, 1.807) is 0 Å². The van der Waals surface area contributed by atoms with Crippen molar-refractivity contribution in [2.24, 2.45) is 0 Å². The minimum Gasteiger partial charge on any atom is -0.453 e. The lowest BCUT2D eigenvalue weighted by Crippen LogP contribution is -2.32. The van der Waals surface area contributed by atoms with Crippen molar-refractivity contribution in [2.75, 3.05) is 19.0 Å². The van der Waals surface area contributed by atoms with E-state index in [2.05, 4.69) is 20.4 Å². The summed E-state index contributed by atoms with van der Waals surface area (Å²) in [7, 11) is 1.24. The Morgan fingerprint density at radius 3 is 2.71 bits per heavy atom. The van der Waals surface area contributed by atoms with Gasteiger partial charge < -0.3 is 15.4 Å². The predicted molar refractivity (Wildman–Crippen MR) is 65.3 cm³/mol. The number of hydrogen-bond acceptors (Lipinski definition) is 5. The fourth-order valence-electron chi connectivity index (χ4n) is 1.11. The molecule has 2 N–H and O–H groups in total. The number of nitrogens with one attached hydrogen (secondary N) is 2. The van der Waals surface area contributed by atoms with Crippen molar-refractivity contribution in [1.29, 1.82) is 0 Å². The molecule has 1 heterocycles. The molecule has 2 amide bonds. The molecule has 0 aromatic carbocycles. The van der Waals surface area contributed by atoms with Crippen molar-refractivity contribution in [1.82, 2.24) is 10.3 Å². The predicted octanol–water partition coefficient (Wildman–Crippen LogP) is 1.31. The van der Waals surface area contributed by atoms with E-state index < -0.39 is 6.09 Å². The van der Waals surface area contributed by atoms with Crippen molar-refractivity contribution in [3.63, 3.8) is 0 Å². The van der Waals surface area contributed by atoms with Crippen molar-refractivity contribution < 1.29 is 14.3 Å². The zero-order valence-electron chi connectivity index (χ0n) is 9.99. The third-order valence-electron chi connectivity index (χ3n) is 1.97. The van der Waals surface area contributed by atoms with Gasteiger partial charge in [0.15, 0.2) is 0 Å². The number of hydrogen-bond donors (Lipinski definition) is 2. The number of aromatic nitrogens is 1. The molecular weight excluding hydrogens is 242 g/mol. The molecule has 0 fully saturated rings. The van der Waals surface area contributed by atoms with Gasteiger partial charge in [-0.2, -0.15) is 0 Å². The number of anilines is 1. The molecule has 0 unspecified atom stereocenters. The van der Waals surface area contributed by atoms with Crippen LogP contribution in [0.15, 0.2) is 0 Å². The van der Waals surface area contributed by atoms with E-state index in [0.717, 1.165) is 22.1 Å². The van der Waals surface area contributed by atoms with Crippen LogP contribution in [0.5, 0.6) is 0 Å². The highest BCUT2D eigenvalue weighted by Crippen LogP contribution is 2.23. The second-order valence-electron chi connectivity index (χ2n) is 3.27. The molecular formula is C10H15N3O3S. The third-order valence-corrected chi connectivity index (χ3v) is 3.19. The number of amides is 2. The highest BCUT2D eigenvalue weighted by Gasteiger charge is 2.10. The van der Waals surface area contributed by atoms with Gasteiger partial charge >= 0.3 is 6.09 Å². The Morgan fingerprint density at radius 2 is 2.18 bits per heavy atom. The molecule has 0 aliphatic carbocycles. The number of carbonyl (C=O) groups excluding carboxylic acids is 2. The second kappa shape index (κ2) is 6.19. The molecule has 0 aliphatic rings. The molecule has 0 saturated heterocycles. The average molecular weight is 257 g/mol. The zero-order chi connectivity index (χ0) is 12.8. The van der Waals surface area contributed by atoms with Crippen molar-refractivity contribution in [3.8, 4) is 0 Å². The van der Waals surface area contributed by atoms with Crippen molar-refractivity contribution in [2.45, 2.75) is 20.3 Å². The summed E-state index contributed by atoms with van der Waals surface area (Å²) in [4.78, 5) is 26.5. The molecule has 1 aromatic rings. The smallest absolute Gasteiger partial charge is 0.407 e. The van der Waals surface area contributed by atoms with Gasteiger partial charge in [-0.15, -0.1) is 11.3 Å². The Kier molecular flexibility index (Phi) is 4.89. The minimum atomic E-state index is -0.629. The Bertz CT molecular complexity index is 417. The summed E-state index contributed by atoms with van der Waals surface area (Å²) in [5.41, 5.74) is 0.790. The molecule has 1 rings (SSSR count). The average Bonchev–Trinajstić information content (AvgIpc) is 2.67. The van der Waals surface area contributed by atoms with Crippen LogP contribution in [0.4, 0.5) is 9.80 Å². The van der Waals surface area contributed by atoms with Gasteiger partial charge in [-0.05, 0) is 13.3 Å². The number of methoxy groups -OCH3 is 1. The standard InChI is InChI=1S/C10H15N3O3S/c1-4-8-12-6(2)9(17-8)13-7(14)5-11-10(15)16-3/h4-5H2,1-3H3,(H,11,15)(H,13,14). The number of aryl methyl sites for hydroxylation is 2. The number of carbonyl (C=O) groups is 2. The molecule has 17 heavy (non-hydrogen) atoms. The largest absolute Gasteiger partial charge is 0.453 e. The van der Waals surface area contributed by atoms with Gasteiger partial charge in [0.25, 0.3) is 0 Å². The Labute approximate surface area is 103 Å². The lowest BCUT2D eigenvalue weighted by molar-refractivity contribution is -0.115. The number of rotatable bonds is 4. The summed E-state index contributed by atoms with van der Waals surface area (Å²) in [5.74, 6) is -0.301. The van der Waals surface area contributed by atoms with Crippen LogP contribution in [-0.4, -0.2) is 30.6 Å². The molecule has 0 saturated carbocycles. The van der Waals surface area contributed by atoms with E-state index in [-0.39, 0.29) is 12.5 Å². The maximum Gasteiger partial charge on any atom is 0.407 e. The summed E-state index contributed by atoms with van der Waals surface area (Å²) in [5, 5.41) is 6.69.